The predicted octanol–water partition coefficient (Wildman–Crippen LogP) is 5.15. The maximum absolute atomic E-state index is 14.9. The van der Waals surface area contributed by atoms with Crippen LogP contribution in [0.1, 0.15) is 36.7 Å². The average molecular weight is 537 g/mol. The van der Waals surface area contributed by atoms with Gasteiger partial charge >= 0.3 is 18.0 Å². The Balaban J connectivity index is 1.76. The summed E-state index contributed by atoms with van der Waals surface area (Å²) in [5.74, 6) is -1.84. The molecule has 2 aromatic rings. The maximum Gasteiger partial charge on any atom is 0.340 e. The number of carbonyl (C=O) groups excluding carboxylic acids is 3. The van der Waals surface area contributed by atoms with E-state index in [1.165, 1.54) is 9.80 Å². The maximum atomic E-state index is 14.9. The van der Waals surface area contributed by atoms with Crippen molar-refractivity contribution in [2.45, 2.75) is 32.9 Å². The van der Waals surface area contributed by atoms with Crippen molar-refractivity contribution in [1.29, 1.82) is 0 Å². The van der Waals surface area contributed by atoms with Gasteiger partial charge in [-0.05, 0) is 38.5 Å². The van der Waals surface area contributed by atoms with Crippen molar-refractivity contribution in [3.8, 4) is 0 Å². The van der Waals surface area contributed by atoms with E-state index in [1.807, 2.05) is 30.3 Å². The Labute approximate surface area is 218 Å². The number of hydrogen-bond acceptors (Lipinski definition) is 7. The molecular formula is C24H26ClFN4O5S. The molecule has 0 bridgehead atoms. The van der Waals surface area contributed by atoms with E-state index >= 15 is 0 Å². The Morgan fingerprint density at radius 2 is 1.72 bits per heavy atom. The predicted molar refractivity (Wildman–Crippen MR) is 137 cm³/mol. The van der Waals surface area contributed by atoms with E-state index in [9.17, 15) is 18.8 Å². The van der Waals surface area contributed by atoms with Crippen LogP contribution >= 0.6 is 24.2 Å². The van der Waals surface area contributed by atoms with Gasteiger partial charge in [0.25, 0.3) is 0 Å². The number of halogens is 2. The molecule has 192 valence electrons. The number of rotatable bonds is 9. The van der Waals surface area contributed by atoms with Gasteiger partial charge in [0.2, 0.25) is 0 Å². The van der Waals surface area contributed by atoms with Gasteiger partial charge in [-0.3, -0.25) is 9.80 Å². The van der Waals surface area contributed by atoms with Gasteiger partial charge in [0.1, 0.15) is 19.0 Å². The van der Waals surface area contributed by atoms with Crippen LogP contribution in [0.4, 0.5) is 19.7 Å². The number of hydrogen-bond donors (Lipinski definition) is 1. The number of amides is 4. The number of nitrogens with zero attached hydrogens (tertiary/aromatic N) is 4. The lowest BCUT2D eigenvalue weighted by Gasteiger charge is -2.44. The first-order valence-corrected chi connectivity index (χ1v) is 12.0. The number of benzene rings is 2. The first-order valence-electron chi connectivity index (χ1n) is 11.1. The molecule has 3 rings (SSSR count). The minimum atomic E-state index is -0.949. The average Bonchev–Trinajstić information content (AvgIpc) is 2.85. The number of oxime groups is 1. The van der Waals surface area contributed by atoms with Crippen LogP contribution in [0.5, 0.6) is 0 Å². The monoisotopic (exact) mass is 536 g/mol. The molecule has 1 aliphatic heterocycles. The molecule has 1 fully saturated rings. The summed E-state index contributed by atoms with van der Waals surface area (Å²) in [4.78, 5) is 47.2. The standard InChI is InChI=1S/C24H26ClFN4O5S/c1-4-28-22(32)30(23(33)29(5-2)24(28)36)20-11-17(18(25)12-19(20)26)21(31)34-13-15(3)27-35-14-16-9-7-6-8-10-16/h6-12,24,36H,4-5,13-14H2,1-3H3. The Morgan fingerprint density at radius 3 is 2.31 bits per heavy atom. The molecule has 9 nitrogen and oxygen atoms in total. The molecule has 2 aromatic carbocycles. The second kappa shape index (κ2) is 12.1. The number of carbonyl (C=O) groups is 3. The Kier molecular flexibility index (Phi) is 9.16. The number of thiol groups is 1. The summed E-state index contributed by atoms with van der Waals surface area (Å²) in [6, 6.07) is 9.73. The van der Waals surface area contributed by atoms with Crippen molar-refractivity contribution in [3.63, 3.8) is 0 Å². The Bertz CT molecular complexity index is 1140. The quantitative estimate of drug-likeness (QED) is 0.207. The number of imide groups is 1. The van der Waals surface area contributed by atoms with Crippen LogP contribution in [0.25, 0.3) is 0 Å². The van der Waals surface area contributed by atoms with E-state index in [1.54, 1.807) is 20.8 Å². The molecule has 0 aliphatic carbocycles. The summed E-state index contributed by atoms with van der Waals surface area (Å²) in [5.41, 5.74) is -0.148. The van der Waals surface area contributed by atoms with E-state index in [4.69, 9.17) is 21.2 Å². The normalized spacial score (nSPS) is 14.9. The second-order valence-corrected chi connectivity index (χ2v) is 8.63. The first-order chi connectivity index (χ1) is 17.2. The largest absolute Gasteiger partial charge is 0.456 e. The van der Waals surface area contributed by atoms with E-state index in [0.29, 0.717) is 10.6 Å². The number of esters is 1. The zero-order valence-electron chi connectivity index (χ0n) is 20.0. The van der Waals surface area contributed by atoms with E-state index < -0.39 is 35.0 Å². The van der Waals surface area contributed by atoms with Crippen molar-refractivity contribution >= 4 is 53.7 Å². The van der Waals surface area contributed by atoms with E-state index in [-0.39, 0.29) is 36.9 Å². The summed E-state index contributed by atoms with van der Waals surface area (Å²) in [7, 11) is 0. The molecule has 0 unspecified atom stereocenters. The minimum Gasteiger partial charge on any atom is -0.456 e. The van der Waals surface area contributed by atoms with E-state index in [2.05, 4.69) is 17.8 Å². The molecule has 0 atom stereocenters. The van der Waals surface area contributed by atoms with Gasteiger partial charge in [0, 0.05) is 13.1 Å². The fourth-order valence-corrected chi connectivity index (χ4v) is 4.19. The molecular weight excluding hydrogens is 511 g/mol. The van der Waals surface area contributed by atoms with Crippen LogP contribution in [0.3, 0.4) is 0 Å². The smallest absolute Gasteiger partial charge is 0.340 e. The van der Waals surface area contributed by atoms with Crippen LogP contribution in [-0.4, -0.2) is 58.7 Å². The van der Waals surface area contributed by atoms with Crippen molar-refractivity contribution in [2.24, 2.45) is 5.16 Å². The van der Waals surface area contributed by atoms with Crippen molar-refractivity contribution < 1.29 is 28.3 Å². The summed E-state index contributed by atoms with van der Waals surface area (Å²) in [5, 5.41) is 3.67. The van der Waals surface area contributed by atoms with Crippen molar-refractivity contribution in [3.05, 3.63) is 64.4 Å². The van der Waals surface area contributed by atoms with Crippen LogP contribution in [-0.2, 0) is 16.2 Å². The van der Waals surface area contributed by atoms with Crippen LogP contribution < -0.4 is 4.90 Å². The molecule has 0 saturated carbocycles. The SMILES string of the molecule is CCN1C(=O)N(c2cc(C(=O)OCC(C)=NOCc3ccccc3)c(Cl)cc2F)C(=O)N(CC)C1S. The Hall–Kier alpha value is -3.31. The van der Waals surface area contributed by atoms with Gasteiger partial charge in [0.15, 0.2) is 5.50 Å². The minimum absolute atomic E-state index is 0.215. The van der Waals surface area contributed by atoms with Crippen molar-refractivity contribution in [1.82, 2.24) is 9.80 Å². The lowest BCUT2D eigenvalue weighted by atomic mass is 10.1. The highest BCUT2D eigenvalue weighted by Crippen LogP contribution is 2.32. The summed E-state index contributed by atoms with van der Waals surface area (Å²) < 4.78 is 20.1. The third kappa shape index (κ3) is 5.90. The zero-order valence-corrected chi connectivity index (χ0v) is 21.6. The second-order valence-electron chi connectivity index (χ2n) is 7.76. The molecule has 36 heavy (non-hydrogen) atoms. The number of ether oxygens (including phenoxy) is 1. The molecule has 0 radical (unpaired) electrons. The summed E-state index contributed by atoms with van der Waals surface area (Å²) >= 11 is 10.4. The fraction of sp³-hybridized carbons (Fsp3) is 0.333. The highest BCUT2D eigenvalue weighted by molar-refractivity contribution is 7.80. The zero-order chi connectivity index (χ0) is 26.4. The lowest BCUT2D eigenvalue weighted by Crippen LogP contribution is -2.64. The molecule has 0 spiro atoms. The molecule has 12 heteroatoms. The third-order valence-electron chi connectivity index (χ3n) is 5.32. The lowest BCUT2D eigenvalue weighted by molar-refractivity contribution is 0.0555. The third-order valence-corrected chi connectivity index (χ3v) is 6.19. The highest BCUT2D eigenvalue weighted by Gasteiger charge is 2.43. The van der Waals surface area contributed by atoms with Gasteiger partial charge in [0.05, 0.1) is 22.0 Å². The molecule has 1 heterocycles. The number of urea groups is 2. The van der Waals surface area contributed by atoms with Crippen LogP contribution in [0.15, 0.2) is 47.6 Å². The molecule has 0 N–H and O–H groups in total. The van der Waals surface area contributed by atoms with Crippen LogP contribution in [0.2, 0.25) is 5.02 Å². The Morgan fingerprint density at radius 1 is 1.11 bits per heavy atom. The number of anilines is 1. The van der Waals surface area contributed by atoms with Crippen molar-refractivity contribution in [2.75, 3.05) is 24.6 Å². The topological polar surface area (TPSA) is 91.8 Å². The summed E-state index contributed by atoms with van der Waals surface area (Å²) in [6.07, 6.45) is 0. The molecule has 0 aromatic heterocycles. The van der Waals surface area contributed by atoms with Crippen LogP contribution in [0, 0.1) is 5.82 Å². The van der Waals surface area contributed by atoms with Gasteiger partial charge in [-0.15, -0.1) is 12.6 Å². The first kappa shape index (κ1) is 27.3. The van der Waals surface area contributed by atoms with Gasteiger partial charge in [-0.2, -0.15) is 0 Å². The van der Waals surface area contributed by atoms with Gasteiger partial charge in [-0.25, -0.2) is 23.7 Å². The molecule has 4 amide bonds. The van der Waals surface area contributed by atoms with Gasteiger partial charge in [-0.1, -0.05) is 47.1 Å². The van der Waals surface area contributed by atoms with Gasteiger partial charge < -0.3 is 9.57 Å². The highest BCUT2D eigenvalue weighted by atomic mass is 35.5. The fourth-order valence-electron chi connectivity index (χ4n) is 3.44. The summed E-state index contributed by atoms with van der Waals surface area (Å²) in [6.45, 7) is 5.49. The molecule has 1 aliphatic rings. The molecule has 1 saturated heterocycles. The van der Waals surface area contributed by atoms with E-state index in [0.717, 1.165) is 17.7 Å².